The second kappa shape index (κ2) is 9.25. The summed E-state index contributed by atoms with van der Waals surface area (Å²) >= 11 is 6.53. The van der Waals surface area contributed by atoms with Crippen molar-refractivity contribution in [1.29, 1.82) is 0 Å². The molecule has 6 nitrogen and oxygen atoms in total. The maximum atomic E-state index is 12.9. The number of para-hydroxylation sites is 1. The van der Waals surface area contributed by atoms with Gasteiger partial charge in [-0.05, 0) is 60.4 Å². The van der Waals surface area contributed by atoms with Gasteiger partial charge in [-0.3, -0.25) is 4.79 Å². The van der Waals surface area contributed by atoms with Gasteiger partial charge in [0.1, 0.15) is 0 Å². The number of aromatic amines is 1. The second-order valence-corrected chi connectivity index (χ2v) is 10.6. The van der Waals surface area contributed by atoms with Gasteiger partial charge in [0, 0.05) is 46.2 Å². The van der Waals surface area contributed by atoms with Crippen LogP contribution in [-0.4, -0.2) is 31.9 Å². The largest absolute Gasteiger partial charge is 0.361 e. The van der Waals surface area contributed by atoms with Crippen LogP contribution in [0, 0.1) is 0 Å². The predicted molar refractivity (Wildman–Crippen MR) is 134 cm³/mol. The highest BCUT2D eigenvalue weighted by Gasteiger charge is 2.28. The second-order valence-electron chi connectivity index (χ2n) is 8.49. The molecule has 1 aliphatic rings. The highest BCUT2D eigenvalue weighted by atomic mass is 35.5. The molecule has 8 heteroatoms. The van der Waals surface area contributed by atoms with E-state index in [1.54, 1.807) is 0 Å². The zero-order chi connectivity index (χ0) is 23.7. The van der Waals surface area contributed by atoms with Crippen molar-refractivity contribution in [2.24, 2.45) is 0 Å². The molecule has 0 radical (unpaired) electrons. The monoisotopic (exact) mass is 493 g/mol. The molecule has 0 saturated heterocycles. The zero-order valence-electron chi connectivity index (χ0n) is 18.3. The van der Waals surface area contributed by atoms with Crippen molar-refractivity contribution in [2.45, 2.75) is 29.7 Å². The van der Waals surface area contributed by atoms with Crippen molar-refractivity contribution in [1.82, 2.24) is 15.0 Å². The molecule has 4 aromatic rings. The fourth-order valence-electron chi connectivity index (χ4n) is 4.10. The van der Waals surface area contributed by atoms with Gasteiger partial charge in [0.05, 0.1) is 4.90 Å². The maximum absolute atomic E-state index is 12.9. The zero-order valence-corrected chi connectivity index (χ0v) is 19.9. The summed E-state index contributed by atoms with van der Waals surface area (Å²) < 4.78 is 27.4. The lowest BCUT2D eigenvalue weighted by molar-refractivity contribution is 0.0952. The summed E-state index contributed by atoms with van der Waals surface area (Å²) in [7, 11) is -3.56. The molecule has 3 N–H and O–H groups in total. The highest BCUT2D eigenvalue weighted by molar-refractivity contribution is 7.89. The van der Waals surface area contributed by atoms with Gasteiger partial charge in [-0.1, -0.05) is 48.0 Å². The fourth-order valence-corrected chi connectivity index (χ4v) is 5.67. The molecule has 174 valence electrons. The Kier molecular flexibility index (Phi) is 6.16. The van der Waals surface area contributed by atoms with E-state index in [9.17, 15) is 13.2 Å². The van der Waals surface area contributed by atoms with Crippen LogP contribution < -0.4 is 10.0 Å². The lowest BCUT2D eigenvalue weighted by Crippen LogP contribution is -2.29. The summed E-state index contributed by atoms with van der Waals surface area (Å²) in [6, 6.07) is 21.6. The van der Waals surface area contributed by atoms with Crippen LogP contribution in [0.25, 0.3) is 10.9 Å². The van der Waals surface area contributed by atoms with Crippen LogP contribution in [0.15, 0.2) is 83.9 Å². The third-order valence-corrected chi connectivity index (χ3v) is 7.95. The van der Waals surface area contributed by atoms with Gasteiger partial charge in [0.15, 0.2) is 0 Å². The lowest BCUT2D eigenvalue weighted by atomic mass is 9.90. The minimum atomic E-state index is -3.56. The molecular weight excluding hydrogens is 470 g/mol. The quantitative estimate of drug-likeness (QED) is 0.328. The number of benzene rings is 3. The number of rotatable bonds is 8. The molecule has 0 spiro atoms. The van der Waals surface area contributed by atoms with Crippen molar-refractivity contribution in [3.63, 3.8) is 0 Å². The van der Waals surface area contributed by atoms with Crippen molar-refractivity contribution in [3.05, 3.63) is 101 Å². The minimum Gasteiger partial charge on any atom is -0.361 e. The van der Waals surface area contributed by atoms with Crippen molar-refractivity contribution in [2.75, 3.05) is 6.54 Å². The molecule has 0 aliphatic heterocycles. The normalized spacial score (nSPS) is 14.7. The Labute approximate surface area is 203 Å². The summed E-state index contributed by atoms with van der Waals surface area (Å²) in [5.41, 5.74) is 3.36. The molecule has 1 fully saturated rings. The number of fused-ring (bicyclic) bond motifs is 1. The van der Waals surface area contributed by atoms with E-state index in [2.05, 4.69) is 15.0 Å². The number of hydrogen-bond acceptors (Lipinski definition) is 3. The fraction of sp³-hybridized carbons (Fsp3) is 0.192. The minimum absolute atomic E-state index is 0.0271. The Bertz CT molecular complexity index is 1440. The topological polar surface area (TPSA) is 91.1 Å². The van der Waals surface area contributed by atoms with E-state index >= 15 is 0 Å². The number of hydrogen-bond donors (Lipinski definition) is 3. The highest BCUT2D eigenvalue weighted by Crippen LogP contribution is 2.34. The van der Waals surface area contributed by atoms with Crippen LogP contribution in [0.5, 0.6) is 0 Å². The first-order chi connectivity index (χ1) is 16.4. The SMILES string of the molecule is O=C(NCC(c1ccccc1Cl)c1c[nH]c2ccccc12)c1ccc(S(=O)(=O)NC2CC2)cc1. The molecule has 1 saturated carbocycles. The van der Waals surface area contributed by atoms with E-state index in [1.165, 1.54) is 24.3 Å². The van der Waals surface area contributed by atoms with Crippen molar-refractivity contribution >= 4 is 38.4 Å². The van der Waals surface area contributed by atoms with E-state index in [-0.39, 0.29) is 22.8 Å². The lowest BCUT2D eigenvalue weighted by Gasteiger charge is -2.19. The van der Waals surface area contributed by atoms with Gasteiger partial charge < -0.3 is 10.3 Å². The number of H-pyrrole nitrogens is 1. The van der Waals surface area contributed by atoms with Crippen LogP contribution >= 0.6 is 11.6 Å². The van der Waals surface area contributed by atoms with E-state index in [0.717, 1.165) is 34.9 Å². The molecule has 1 aromatic heterocycles. The summed E-state index contributed by atoms with van der Waals surface area (Å²) in [5, 5.41) is 4.70. The Morgan fingerprint density at radius 1 is 0.971 bits per heavy atom. The Morgan fingerprint density at radius 3 is 2.41 bits per heavy atom. The smallest absolute Gasteiger partial charge is 0.251 e. The Balaban J connectivity index is 1.37. The molecule has 5 rings (SSSR count). The third-order valence-electron chi connectivity index (χ3n) is 6.07. The van der Waals surface area contributed by atoms with E-state index in [0.29, 0.717) is 17.1 Å². The van der Waals surface area contributed by atoms with Crippen molar-refractivity contribution < 1.29 is 13.2 Å². The number of carbonyl (C=O) groups is 1. The van der Waals surface area contributed by atoms with E-state index in [1.807, 2.05) is 54.7 Å². The first-order valence-electron chi connectivity index (χ1n) is 11.1. The predicted octanol–water partition coefficient (Wildman–Crippen LogP) is 4.82. The number of carbonyl (C=O) groups excluding carboxylic acids is 1. The van der Waals surface area contributed by atoms with Gasteiger partial charge in [0.2, 0.25) is 10.0 Å². The molecule has 1 heterocycles. The number of halogens is 1. The molecule has 0 bridgehead atoms. The maximum Gasteiger partial charge on any atom is 0.251 e. The molecule has 1 unspecified atom stereocenters. The van der Waals surface area contributed by atoms with E-state index < -0.39 is 10.0 Å². The van der Waals surface area contributed by atoms with Crippen LogP contribution in [0.3, 0.4) is 0 Å². The van der Waals surface area contributed by atoms with Crippen LogP contribution in [0.2, 0.25) is 5.02 Å². The van der Waals surface area contributed by atoms with Gasteiger partial charge >= 0.3 is 0 Å². The number of nitrogens with one attached hydrogen (secondary N) is 3. The van der Waals surface area contributed by atoms with Gasteiger partial charge in [0.25, 0.3) is 5.91 Å². The van der Waals surface area contributed by atoms with Gasteiger partial charge in [-0.2, -0.15) is 0 Å². The standard InChI is InChI=1S/C26H24ClN3O3S/c27-24-7-3-1-5-20(24)22(23-15-28-25-8-4-2-6-21(23)25)16-29-26(31)17-9-13-19(14-10-17)34(32,33)30-18-11-12-18/h1-10,13-15,18,22,28,30H,11-12,16H2,(H,29,31). The average Bonchev–Trinajstić information content (AvgIpc) is 3.55. The third kappa shape index (κ3) is 4.73. The molecule has 3 aromatic carbocycles. The molecule has 1 atom stereocenters. The van der Waals surface area contributed by atoms with Crippen LogP contribution in [0.1, 0.15) is 40.2 Å². The number of amides is 1. The average molecular weight is 494 g/mol. The first kappa shape index (κ1) is 22.7. The Hall–Kier alpha value is -3.13. The summed E-state index contributed by atoms with van der Waals surface area (Å²) in [6.45, 7) is 0.327. The molecule has 1 amide bonds. The Morgan fingerprint density at radius 2 is 1.68 bits per heavy atom. The summed E-state index contributed by atoms with van der Waals surface area (Å²) in [6.07, 6.45) is 3.68. The summed E-state index contributed by atoms with van der Waals surface area (Å²) in [4.78, 5) is 16.4. The van der Waals surface area contributed by atoms with E-state index in [4.69, 9.17) is 11.6 Å². The first-order valence-corrected chi connectivity index (χ1v) is 13.0. The number of sulfonamides is 1. The molecular formula is C26H24ClN3O3S. The van der Waals surface area contributed by atoms with Crippen LogP contribution in [-0.2, 0) is 10.0 Å². The number of aromatic nitrogens is 1. The van der Waals surface area contributed by atoms with Crippen molar-refractivity contribution in [3.8, 4) is 0 Å². The van der Waals surface area contributed by atoms with Gasteiger partial charge in [-0.25, -0.2) is 13.1 Å². The molecule has 34 heavy (non-hydrogen) atoms. The summed E-state index contributed by atoms with van der Waals surface area (Å²) in [5.74, 6) is -0.452. The van der Waals surface area contributed by atoms with Gasteiger partial charge in [-0.15, -0.1) is 0 Å². The molecule has 1 aliphatic carbocycles. The van der Waals surface area contributed by atoms with Crippen LogP contribution in [0.4, 0.5) is 0 Å².